The van der Waals surface area contributed by atoms with Gasteiger partial charge in [0.15, 0.2) is 0 Å². The van der Waals surface area contributed by atoms with E-state index in [-0.39, 0.29) is 17.9 Å². The van der Waals surface area contributed by atoms with Crippen LogP contribution < -0.4 is 15.7 Å². The zero-order chi connectivity index (χ0) is 22.7. The van der Waals surface area contributed by atoms with Crippen molar-refractivity contribution < 1.29 is 22.7 Å². The SMILES string of the molecule is O=C(Cc1cccc(OC(F)(F)F)c1)Nn1c(C2CCCCC2)nc2ccccc2c1=O. The number of ether oxygens (including phenoxy) is 1. The van der Waals surface area contributed by atoms with Gasteiger partial charge < -0.3 is 4.74 Å². The molecule has 3 aromatic rings. The summed E-state index contributed by atoms with van der Waals surface area (Å²) in [6.07, 6.45) is -0.134. The molecule has 1 aromatic heterocycles. The van der Waals surface area contributed by atoms with Gasteiger partial charge in [0.05, 0.1) is 17.3 Å². The Balaban J connectivity index is 1.62. The molecule has 1 heterocycles. The number of nitrogens with zero attached hydrogens (tertiary/aromatic N) is 2. The lowest BCUT2D eigenvalue weighted by atomic mass is 9.88. The van der Waals surface area contributed by atoms with Gasteiger partial charge in [0.2, 0.25) is 5.91 Å². The summed E-state index contributed by atoms with van der Waals surface area (Å²) in [4.78, 5) is 30.6. The lowest BCUT2D eigenvalue weighted by Crippen LogP contribution is -2.38. The number of amides is 1. The maximum absolute atomic E-state index is 13.2. The lowest BCUT2D eigenvalue weighted by molar-refractivity contribution is -0.274. The Morgan fingerprint density at radius 1 is 1.09 bits per heavy atom. The fourth-order valence-corrected chi connectivity index (χ4v) is 4.09. The van der Waals surface area contributed by atoms with E-state index in [0.717, 1.165) is 44.2 Å². The van der Waals surface area contributed by atoms with Crippen LogP contribution >= 0.6 is 0 Å². The van der Waals surface area contributed by atoms with Crippen LogP contribution in [0.2, 0.25) is 0 Å². The van der Waals surface area contributed by atoms with Crippen LogP contribution in [0, 0.1) is 0 Å². The van der Waals surface area contributed by atoms with E-state index in [0.29, 0.717) is 22.3 Å². The minimum Gasteiger partial charge on any atom is -0.406 e. The average molecular weight is 445 g/mol. The van der Waals surface area contributed by atoms with Gasteiger partial charge in [0.1, 0.15) is 11.6 Å². The Hall–Kier alpha value is -3.36. The Bertz CT molecular complexity index is 1180. The molecule has 1 saturated carbocycles. The van der Waals surface area contributed by atoms with Crippen LogP contribution in [0.4, 0.5) is 13.2 Å². The first-order valence-electron chi connectivity index (χ1n) is 10.5. The number of benzene rings is 2. The third kappa shape index (κ3) is 5.09. The Morgan fingerprint density at radius 2 is 1.84 bits per heavy atom. The summed E-state index contributed by atoms with van der Waals surface area (Å²) in [6.45, 7) is 0. The van der Waals surface area contributed by atoms with Crippen LogP contribution in [0.25, 0.3) is 10.9 Å². The second kappa shape index (κ2) is 9.02. The maximum atomic E-state index is 13.2. The molecule has 9 heteroatoms. The molecule has 1 amide bonds. The number of para-hydroxylation sites is 1. The number of alkyl halides is 3. The summed E-state index contributed by atoms with van der Waals surface area (Å²) in [7, 11) is 0. The first kappa shape index (κ1) is 21.9. The van der Waals surface area contributed by atoms with Crippen LogP contribution in [-0.4, -0.2) is 21.9 Å². The van der Waals surface area contributed by atoms with Crippen molar-refractivity contribution >= 4 is 16.8 Å². The minimum absolute atomic E-state index is 0.0462. The van der Waals surface area contributed by atoms with E-state index in [1.54, 1.807) is 24.3 Å². The van der Waals surface area contributed by atoms with Crippen molar-refractivity contribution in [2.75, 3.05) is 5.43 Å². The predicted octanol–water partition coefficient (Wildman–Crippen LogP) is 4.66. The van der Waals surface area contributed by atoms with Crippen molar-refractivity contribution in [2.24, 2.45) is 0 Å². The smallest absolute Gasteiger partial charge is 0.406 e. The van der Waals surface area contributed by atoms with E-state index < -0.39 is 18.0 Å². The van der Waals surface area contributed by atoms with Gasteiger partial charge in [-0.3, -0.25) is 15.0 Å². The third-order valence-electron chi connectivity index (χ3n) is 5.51. The van der Waals surface area contributed by atoms with E-state index in [1.165, 1.54) is 16.8 Å². The zero-order valence-corrected chi connectivity index (χ0v) is 17.2. The van der Waals surface area contributed by atoms with E-state index in [1.807, 2.05) is 0 Å². The molecule has 1 aliphatic carbocycles. The van der Waals surface area contributed by atoms with E-state index >= 15 is 0 Å². The topological polar surface area (TPSA) is 73.2 Å². The molecule has 0 radical (unpaired) electrons. The molecule has 0 atom stereocenters. The number of halogens is 3. The second-order valence-corrected chi connectivity index (χ2v) is 7.87. The van der Waals surface area contributed by atoms with Gasteiger partial charge in [-0.1, -0.05) is 43.5 Å². The van der Waals surface area contributed by atoms with Gasteiger partial charge >= 0.3 is 6.36 Å². The number of carbonyl (C=O) groups excluding carboxylic acids is 1. The molecule has 168 valence electrons. The summed E-state index contributed by atoms with van der Waals surface area (Å²) >= 11 is 0. The van der Waals surface area contributed by atoms with Crippen LogP contribution in [0.1, 0.15) is 49.4 Å². The first-order valence-corrected chi connectivity index (χ1v) is 10.5. The van der Waals surface area contributed by atoms with Crippen LogP contribution in [-0.2, 0) is 11.2 Å². The molecule has 2 aromatic carbocycles. The molecule has 1 aliphatic rings. The summed E-state index contributed by atoms with van der Waals surface area (Å²) in [5, 5.41) is 0.382. The third-order valence-corrected chi connectivity index (χ3v) is 5.51. The van der Waals surface area contributed by atoms with Crippen molar-refractivity contribution in [2.45, 2.75) is 50.8 Å². The highest BCUT2D eigenvalue weighted by molar-refractivity contribution is 5.86. The van der Waals surface area contributed by atoms with Crippen LogP contribution in [0.15, 0.2) is 53.3 Å². The Kier molecular flexibility index (Phi) is 6.16. The highest BCUT2D eigenvalue weighted by atomic mass is 19.4. The van der Waals surface area contributed by atoms with Gasteiger partial charge in [-0.15, -0.1) is 13.2 Å². The minimum atomic E-state index is -4.82. The van der Waals surface area contributed by atoms with Crippen molar-refractivity contribution in [1.29, 1.82) is 0 Å². The predicted molar refractivity (Wildman–Crippen MR) is 113 cm³/mol. The molecule has 0 saturated heterocycles. The molecule has 6 nitrogen and oxygen atoms in total. The molecule has 0 unspecified atom stereocenters. The number of carbonyl (C=O) groups is 1. The number of rotatable bonds is 5. The van der Waals surface area contributed by atoms with Gasteiger partial charge in [-0.05, 0) is 42.7 Å². The first-order chi connectivity index (χ1) is 15.3. The quantitative estimate of drug-likeness (QED) is 0.620. The molecular formula is C23H22F3N3O3. The van der Waals surface area contributed by atoms with Crippen LogP contribution in [0.5, 0.6) is 5.75 Å². The van der Waals surface area contributed by atoms with E-state index in [4.69, 9.17) is 0 Å². The molecule has 0 aliphatic heterocycles. The zero-order valence-electron chi connectivity index (χ0n) is 17.2. The molecule has 4 rings (SSSR count). The summed E-state index contributed by atoms with van der Waals surface area (Å²) in [5.41, 5.74) is 3.14. The number of nitrogens with one attached hydrogen (secondary N) is 1. The molecule has 0 spiro atoms. The number of fused-ring (bicyclic) bond motifs is 1. The molecular weight excluding hydrogens is 423 g/mol. The molecule has 32 heavy (non-hydrogen) atoms. The molecule has 0 bridgehead atoms. The highest BCUT2D eigenvalue weighted by Crippen LogP contribution is 2.31. The fourth-order valence-electron chi connectivity index (χ4n) is 4.09. The molecule has 1 fully saturated rings. The Morgan fingerprint density at radius 3 is 2.59 bits per heavy atom. The van der Waals surface area contributed by atoms with Gasteiger partial charge in [-0.25, -0.2) is 9.66 Å². The maximum Gasteiger partial charge on any atom is 0.573 e. The van der Waals surface area contributed by atoms with Gasteiger partial charge in [-0.2, -0.15) is 0 Å². The highest BCUT2D eigenvalue weighted by Gasteiger charge is 2.31. The average Bonchev–Trinajstić information content (AvgIpc) is 2.75. The number of hydrogen-bond acceptors (Lipinski definition) is 4. The van der Waals surface area contributed by atoms with E-state index in [2.05, 4.69) is 15.1 Å². The Labute approximate surface area is 182 Å². The molecule has 1 N–H and O–H groups in total. The van der Waals surface area contributed by atoms with Crippen molar-refractivity contribution in [1.82, 2.24) is 9.66 Å². The monoisotopic (exact) mass is 445 g/mol. The number of hydrogen-bond donors (Lipinski definition) is 1. The largest absolute Gasteiger partial charge is 0.573 e. The summed E-state index contributed by atoms with van der Waals surface area (Å²) in [5.74, 6) is -0.388. The number of aromatic nitrogens is 2. The normalized spacial score (nSPS) is 15.0. The summed E-state index contributed by atoms with van der Waals surface area (Å²) in [6, 6.07) is 12.1. The van der Waals surface area contributed by atoms with Gasteiger partial charge in [0, 0.05) is 5.92 Å². The lowest BCUT2D eigenvalue weighted by Gasteiger charge is -2.24. The van der Waals surface area contributed by atoms with Crippen molar-refractivity contribution in [3.05, 3.63) is 70.3 Å². The second-order valence-electron chi connectivity index (χ2n) is 7.87. The fraction of sp³-hybridized carbons (Fsp3) is 0.348. The standard InChI is InChI=1S/C23H22F3N3O3/c24-23(25,26)32-17-10-6-7-15(13-17)14-20(30)28-29-21(16-8-2-1-3-9-16)27-19-12-5-4-11-18(19)22(29)31/h4-7,10-13,16H,1-3,8-9,14H2,(H,28,30). The van der Waals surface area contributed by atoms with Crippen molar-refractivity contribution in [3.63, 3.8) is 0 Å². The van der Waals surface area contributed by atoms with Gasteiger partial charge in [0.25, 0.3) is 5.56 Å². The van der Waals surface area contributed by atoms with E-state index in [9.17, 15) is 22.8 Å². The van der Waals surface area contributed by atoms with Crippen LogP contribution in [0.3, 0.4) is 0 Å². The van der Waals surface area contributed by atoms with Crippen molar-refractivity contribution in [3.8, 4) is 5.75 Å². The summed E-state index contributed by atoms with van der Waals surface area (Å²) < 4.78 is 42.5.